The van der Waals surface area contributed by atoms with Crippen molar-refractivity contribution >= 4 is 0 Å². The summed E-state index contributed by atoms with van der Waals surface area (Å²) in [5, 5.41) is 7.88. The minimum Gasteiger partial charge on any atom is -0.329 e. The molecule has 0 unspecified atom stereocenters. The highest BCUT2D eigenvalue weighted by atomic mass is 19.1. The monoisotopic (exact) mass is 205 g/mol. The van der Waals surface area contributed by atoms with Gasteiger partial charge in [0.15, 0.2) is 0 Å². The summed E-state index contributed by atoms with van der Waals surface area (Å²) in [7, 11) is 0. The van der Waals surface area contributed by atoms with Crippen molar-refractivity contribution in [1.29, 1.82) is 0 Å². The Labute approximate surface area is 87.4 Å². The second kappa shape index (κ2) is 4.21. The highest BCUT2D eigenvalue weighted by molar-refractivity contribution is 5.20. The van der Waals surface area contributed by atoms with Crippen molar-refractivity contribution in [3.05, 3.63) is 47.3 Å². The SMILES string of the molecule is CCc1nnc(Cc2ccccc2F)[nH]1. The normalized spacial score (nSPS) is 10.5. The molecule has 1 N–H and O–H groups in total. The van der Waals surface area contributed by atoms with Gasteiger partial charge in [0.25, 0.3) is 0 Å². The minimum absolute atomic E-state index is 0.202. The van der Waals surface area contributed by atoms with Gasteiger partial charge in [-0.2, -0.15) is 0 Å². The van der Waals surface area contributed by atoms with E-state index in [2.05, 4.69) is 15.2 Å². The van der Waals surface area contributed by atoms with Crippen LogP contribution >= 0.6 is 0 Å². The number of aromatic amines is 1. The number of nitrogens with one attached hydrogen (secondary N) is 1. The molecule has 0 bridgehead atoms. The number of H-pyrrole nitrogens is 1. The molecule has 1 aromatic carbocycles. The van der Waals surface area contributed by atoms with Crippen molar-refractivity contribution < 1.29 is 4.39 Å². The lowest BCUT2D eigenvalue weighted by atomic mass is 10.1. The van der Waals surface area contributed by atoms with Crippen molar-refractivity contribution in [3.63, 3.8) is 0 Å². The summed E-state index contributed by atoms with van der Waals surface area (Å²) >= 11 is 0. The van der Waals surface area contributed by atoms with E-state index in [0.717, 1.165) is 12.2 Å². The van der Waals surface area contributed by atoms with Crippen LogP contribution in [0.15, 0.2) is 24.3 Å². The Hall–Kier alpha value is -1.71. The van der Waals surface area contributed by atoms with Crippen LogP contribution in [0.3, 0.4) is 0 Å². The number of aryl methyl sites for hydroxylation is 1. The zero-order valence-corrected chi connectivity index (χ0v) is 8.50. The molecule has 0 aliphatic rings. The van der Waals surface area contributed by atoms with Gasteiger partial charge < -0.3 is 4.98 Å². The molecule has 4 heteroatoms. The Bertz CT molecular complexity index is 451. The van der Waals surface area contributed by atoms with Gasteiger partial charge in [0.1, 0.15) is 17.5 Å². The standard InChI is InChI=1S/C11H12FN3/c1-2-10-13-11(15-14-10)7-8-5-3-4-6-9(8)12/h3-6H,2,7H2,1H3,(H,13,14,15). The van der Waals surface area contributed by atoms with Crippen molar-refractivity contribution in [1.82, 2.24) is 15.2 Å². The van der Waals surface area contributed by atoms with Crippen LogP contribution in [-0.2, 0) is 12.8 Å². The lowest BCUT2D eigenvalue weighted by Gasteiger charge is -1.98. The molecule has 0 aliphatic heterocycles. The third kappa shape index (κ3) is 2.21. The molecule has 2 aromatic rings. The summed E-state index contributed by atoms with van der Waals surface area (Å²) in [5.41, 5.74) is 0.635. The number of hydrogen-bond donors (Lipinski definition) is 1. The van der Waals surface area contributed by atoms with E-state index in [0.29, 0.717) is 17.8 Å². The first kappa shape index (κ1) is 9.83. The highest BCUT2D eigenvalue weighted by Gasteiger charge is 2.05. The maximum absolute atomic E-state index is 13.3. The lowest BCUT2D eigenvalue weighted by molar-refractivity contribution is 0.612. The van der Waals surface area contributed by atoms with E-state index >= 15 is 0 Å². The molecule has 0 aliphatic carbocycles. The van der Waals surface area contributed by atoms with E-state index in [-0.39, 0.29) is 5.82 Å². The fraction of sp³-hybridized carbons (Fsp3) is 0.273. The molecule has 0 fully saturated rings. The number of benzene rings is 1. The minimum atomic E-state index is -0.202. The highest BCUT2D eigenvalue weighted by Crippen LogP contribution is 2.10. The largest absolute Gasteiger partial charge is 0.329 e. The Morgan fingerprint density at radius 1 is 1.20 bits per heavy atom. The van der Waals surface area contributed by atoms with E-state index in [4.69, 9.17) is 0 Å². The Balaban J connectivity index is 2.18. The van der Waals surface area contributed by atoms with Gasteiger partial charge in [-0.05, 0) is 11.6 Å². The van der Waals surface area contributed by atoms with Crippen LogP contribution in [0.1, 0.15) is 24.1 Å². The molecule has 0 spiro atoms. The van der Waals surface area contributed by atoms with Gasteiger partial charge in [0.05, 0.1) is 0 Å². The van der Waals surface area contributed by atoms with Gasteiger partial charge >= 0.3 is 0 Å². The van der Waals surface area contributed by atoms with Crippen molar-refractivity contribution in [2.75, 3.05) is 0 Å². The summed E-state index contributed by atoms with van der Waals surface area (Å²) in [6, 6.07) is 6.70. The van der Waals surface area contributed by atoms with Crippen LogP contribution in [0.25, 0.3) is 0 Å². The number of rotatable bonds is 3. The zero-order valence-electron chi connectivity index (χ0n) is 8.50. The third-order valence-electron chi connectivity index (χ3n) is 2.23. The molecule has 0 amide bonds. The van der Waals surface area contributed by atoms with E-state index in [1.54, 1.807) is 12.1 Å². The van der Waals surface area contributed by atoms with Gasteiger partial charge in [0.2, 0.25) is 0 Å². The van der Waals surface area contributed by atoms with Crippen LogP contribution < -0.4 is 0 Å². The first-order valence-electron chi connectivity index (χ1n) is 4.93. The average molecular weight is 205 g/mol. The molecular weight excluding hydrogens is 193 g/mol. The molecule has 1 heterocycles. The summed E-state index contributed by atoms with van der Waals surface area (Å²) in [4.78, 5) is 3.05. The second-order valence-corrected chi connectivity index (χ2v) is 3.34. The molecule has 0 atom stereocenters. The molecule has 78 valence electrons. The van der Waals surface area contributed by atoms with Crippen molar-refractivity contribution in [2.24, 2.45) is 0 Å². The van der Waals surface area contributed by atoms with Gasteiger partial charge in [-0.3, -0.25) is 0 Å². The molecule has 1 aromatic heterocycles. The third-order valence-corrected chi connectivity index (χ3v) is 2.23. The van der Waals surface area contributed by atoms with Crippen LogP contribution in [-0.4, -0.2) is 15.2 Å². The van der Waals surface area contributed by atoms with E-state index in [1.165, 1.54) is 6.07 Å². The maximum Gasteiger partial charge on any atom is 0.134 e. The molecular formula is C11H12FN3. The number of aromatic nitrogens is 3. The molecule has 0 saturated heterocycles. The van der Waals surface area contributed by atoms with Crippen LogP contribution in [0.4, 0.5) is 4.39 Å². The second-order valence-electron chi connectivity index (χ2n) is 3.34. The van der Waals surface area contributed by atoms with Crippen LogP contribution in [0.5, 0.6) is 0 Å². The lowest BCUT2D eigenvalue weighted by Crippen LogP contribution is -1.94. The van der Waals surface area contributed by atoms with Gasteiger partial charge in [-0.15, -0.1) is 10.2 Å². The number of hydrogen-bond acceptors (Lipinski definition) is 2. The summed E-state index contributed by atoms with van der Waals surface area (Å²) < 4.78 is 13.3. The summed E-state index contributed by atoms with van der Waals surface area (Å²) in [6.45, 7) is 1.99. The fourth-order valence-electron chi connectivity index (χ4n) is 1.40. The Morgan fingerprint density at radius 2 is 1.93 bits per heavy atom. The van der Waals surface area contributed by atoms with Gasteiger partial charge in [-0.1, -0.05) is 25.1 Å². The smallest absolute Gasteiger partial charge is 0.134 e. The fourth-order valence-corrected chi connectivity index (χ4v) is 1.40. The predicted octanol–water partition coefficient (Wildman–Crippen LogP) is 2.10. The predicted molar refractivity (Wildman–Crippen MR) is 55.0 cm³/mol. The maximum atomic E-state index is 13.3. The Morgan fingerprint density at radius 3 is 2.60 bits per heavy atom. The molecule has 3 nitrogen and oxygen atoms in total. The summed E-state index contributed by atoms with van der Waals surface area (Å²) in [6.07, 6.45) is 1.27. The molecule has 0 radical (unpaired) electrons. The Kier molecular flexibility index (Phi) is 2.76. The number of nitrogens with zero attached hydrogens (tertiary/aromatic N) is 2. The number of halogens is 1. The first-order valence-corrected chi connectivity index (χ1v) is 4.93. The van der Waals surface area contributed by atoms with E-state index in [9.17, 15) is 4.39 Å². The van der Waals surface area contributed by atoms with E-state index < -0.39 is 0 Å². The molecule has 15 heavy (non-hydrogen) atoms. The molecule has 0 saturated carbocycles. The van der Waals surface area contributed by atoms with Gasteiger partial charge in [-0.25, -0.2) is 4.39 Å². The quantitative estimate of drug-likeness (QED) is 0.833. The average Bonchev–Trinajstić information content (AvgIpc) is 2.69. The zero-order chi connectivity index (χ0) is 10.7. The molecule has 2 rings (SSSR count). The first-order chi connectivity index (χ1) is 7.29. The van der Waals surface area contributed by atoms with E-state index in [1.807, 2.05) is 13.0 Å². The van der Waals surface area contributed by atoms with Crippen molar-refractivity contribution in [2.45, 2.75) is 19.8 Å². The van der Waals surface area contributed by atoms with Crippen LogP contribution in [0.2, 0.25) is 0 Å². The summed E-state index contributed by atoms with van der Waals surface area (Å²) in [5.74, 6) is 1.34. The van der Waals surface area contributed by atoms with Gasteiger partial charge in [0, 0.05) is 12.8 Å². The topological polar surface area (TPSA) is 41.6 Å². The van der Waals surface area contributed by atoms with Crippen molar-refractivity contribution in [3.8, 4) is 0 Å². The van der Waals surface area contributed by atoms with Crippen LogP contribution in [0, 0.1) is 5.82 Å².